The van der Waals surface area contributed by atoms with Gasteiger partial charge in [0, 0.05) is 16.8 Å². The van der Waals surface area contributed by atoms with Gasteiger partial charge < -0.3 is 9.32 Å². The molecule has 1 heterocycles. The minimum atomic E-state index is 0.883. The fourth-order valence-electron chi connectivity index (χ4n) is 8.43. The normalized spacial score (nSPS) is 12.4. The van der Waals surface area contributed by atoms with Crippen molar-refractivity contribution in [2.75, 3.05) is 4.90 Å². The van der Waals surface area contributed by atoms with E-state index in [4.69, 9.17) is 4.42 Å². The van der Waals surface area contributed by atoms with E-state index >= 15 is 0 Å². The molecule has 0 unspecified atom stereocenters. The molecule has 55 heavy (non-hydrogen) atoms. The number of anilines is 3. The second-order valence-electron chi connectivity index (χ2n) is 14.6. The Labute approximate surface area is 319 Å². The van der Waals surface area contributed by atoms with Crippen molar-refractivity contribution in [3.63, 3.8) is 0 Å². The smallest absolute Gasteiger partial charge is 0.138 e. The number of hydrogen-bond donors (Lipinski definition) is 0. The van der Waals surface area contributed by atoms with Crippen LogP contribution in [0.1, 0.15) is 16.7 Å². The van der Waals surface area contributed by atoms with Crippen LogP contribution < -0.4 is 4.90 Å². The molecule has 9 aromatic carbocycles. The summed E-state index contributed by atoms with van der Waals surface area (Å²) in [4.78, 5) is 2.41. The van der Waals surface area contributed by atoms with Crippen LogP contribution in [0.4, 0.5) is 17.1 Å². The van der Waals surface area contributed by atoms with Gasteiger partial charge in [-0.3, -0.25) is 0 Å². The lowest BCUT2D eigenvalue weighted by molar-refractivity contribution is 0.669. The molecular weight excluding hydrogens is 667 g/mol. The van der Waals surface area contributed by atoms with Crippen LogP contribution in [0.2, 0.25) is 0 Å². The highest BCUT2D eigenvalue weighted by molar-refractivity contribution is 6.17. The fraction of sp³-hybridized carbons (Fsp3) is 0.0189. The van der Waals surface area contributed by atoms with E-state index in [1.54, 1.807) is 0 Å². The van der Waals surface area contributed by atoms with Gasteiger partial charge in [0.25, 0.3) is 0 Å². The van der Waals surface area contributed by atoms with Crippen LogP contribution in [0.5, 0.6) is 0 Å². The van der Waals surface area contributed by atoms with Crippen LogP contribution in [0, 0.1) is 0 Å². The maximum atomic E-state index is 6.84. The number of nitrogens with zero attached hydrogens (tertiary/aromatic N) is 1. The highest BCUT2D eigenvalue weighted by Gasteiger charge is 2.24. The van der Waals surface area contributed by atoms with Crippen LogP contribution >= 0.6 is 0 Å². The van der Waals surface area contributed by atoms with E-state index in [2.05, 4.69) is 205 Å². The second kappa shape index (κ2) is 12.8. The van der Waals surface area contributed by atoms with Crippen LogP contribution in [0.15, 0.2) is 199 Å². The summed E-state index contributed by atoms with van der Waals surface area (Å²) >= 11 is 0. The number of fused-ring (bicyclic) bond motifs is 6. The lowest BCUT2D eigenvalue weighted by Gasteiger charge is -2.27. The highest BCUT2D eigenvalue weighted by atomic mass is 16.3. The van der Waals surface area contributed by atoms with Crippen LogP contribution in [0.3, 0.4) is 0 Å². The molecule has 1 aliphatic carbocycles. The first kappa shape index (κ1) is 31.4. The van der Waals surface area contributed by atoms with Crippen LogP contribution in [-0.2, 0) is 6.42 Å². The molecular formula is C53H35NO. The molecule has 11 rings (SSSR count). The van der Waals surface area contributed by atoms with Crippen molar-refractivity contribution in [3.8, 4) is 22.3 Å². The third-order valence-corrected chi connectivity index (χ3v) is 11.2. The third kappa shape index (κ3) is 5.50. The third-order valence-electron chi connectivity index (χ3n) is 11.2. The molecule has 1 aliphatic rings. The first-order valence-electron chi connectivity index (χ1n) is 18.9. The van der Waals surface area contributed by atoms with E-state index in [-0.39, 0.29) is 0 Å². The molecule has 0 radical (unpaired) electrons. The van der Waals surface area contributed by atoms with E-state index < -0.39 is 0 Å². The molecule has 0 saturated carbocycles. The lowest BCUT2D eigenvalue weighted by Crippen LogP contribution is -2.11. The van der Waals surface area contributed by atoms with Gasteiger partial charge in [-0.25, -0.2) is 0 Å². The summed E-state index contributed by atoms with van der Waals surface area (Å²) in [5.41, 5.74) is 14.9. The molecule has 0 saturated heterocycles. The van der Waals surface area contributed by atoms with Gasteiger partial charge in [-0.05, 0) is 127 Å². The number of hydrogen-bond acceptors (Lipinski definition) is 2. The van der Waals surface area contributed by atoms with E-state index in [0.717, 1.165) is 45.4 Å². The quantitative estimate of drug-likeness (QED) is 0.172. The molecule has 258 valence electrons. The lowest BCUT2D eigenvalue weighted by atomic mass is 9.97. The van der Waals surface area contributed by atoms with Gasteiger partial charge in [-0.15, -0.1) is 0 Å². The topological polar surface area (TPSA) is 16.4 Å². The van der Waals surface area contributed by atoms with E-state index in [1.807, 2.05) is 0 Å². The number of furan rings is 1. The Morgan fingerprint density at radius 2 is 0.982 bits per heavy atom. The maximum Gasteiger partial charge on any atom is 0.138 e. The highest BCUT2D eigenvalue weighted by Crippen LogP contribution is 2.47. The fourth-order valence-corrected chi connectivity index (χ4v) is 8.43. The Hall–Kier alpha value is -7.16. The van der Waals surface area contributed by atoms with E-state index in [1.165, 1.54) is 66.1 Å². The molecule has 2 heteroatoms. The monoisotopic (exact) mass is 701 g/mol. The van der Waals surface area contributed by atoms with Gasteiger partial charge in [0.1, 0.15) is 11.2 Å². The first-order chi connectivity index (χ1) is 27.2. The maximum absolute atomic E-state index is 6.84. The summed E-state index contributed by atoms with van der Waals surface area (Å²) in [5, 5.41) is 7.07. The van der Waals surface area contributed by atoms with E-state index in [9.17, 15) is 0 Å². The first-order valence-corrected chi connectivity index (χ1v) is 18.9. The van der Waals surface area contributed by atoms with Gasteiger partial charge in [-0.2, -0.15) is 0 Å². The number of rotatable bonds is 6. The van der Waals surface area contributed by atoms with Crippen molar-refractivity contribution in [1.82, 2.24) is 0 Å². The predicted octanol–water partition coefficient (Wildman–Crippen LogP) is 14.8. The molecule has 0 spiro atoms. The molecule has 10 aromatic rings. The van der Waals surface area contributed by atoms with E-state index in [0.29, 0.717) is 0 Å². The molecule has 0 fully saturated rings. The van der Waals surface area contributed by atoms with Crippen molar-refractivity contribution >= 4 is 72.2 Å². The van der Waals surface area contributed by atoms with Crippen molar-refractivity contribution < 1.29 is 4.42 Å². The zero-order valence-electron chi connectivity index (χ0n) is 30.1. The SMILES string of the molecule is C1=C(c2cc(N(c3ccc(-c4ccccc4)cc3)c3ccc(-c4ccc5ccccc5c4)cc3)c3c(c2)oc2cc4ccccc4cc23)Cc2ccccc21. The number of allylic oxidation sites excluding steroid dienone is 1. The standard InChI is InChI=1S/C53H35NO/c1-2-10-35(11-3-1)37-20-24-47(25-21-37)54(48-26-22-38(23-27-48)44-19-18-36-12-4-5-13-39(36)28-44)50-32-46(45-29-40-14-6-7-15-41(40)30-45)34-52-53(50)49-31-42-16-8-9-17-43(42)33-51(49)55-52/h1-29,31-34H,30H2. The van der Waals surface area contributed by atoms with Gasteiger partial charge in [-0.1, -0.05) is 146 Å². The average molecular weight is 702 g/mol. The second-order valence-corrected chi connectivity index (χ2v) is 14.6. The van der Waals surface area contributed by atoms with Crippen molar-refractivity contribution in [2.45, 2.75) is 6.42 Å². The van der Waals surface area contributed by atoms with Gasteiger partial charge in [0.05, 0.1) is 11.1 Å². The largest absolute Gasteiger partial charge is 0.456 e. The molecule has 0 amide bonds. The summed E-state index contributed by atoms with van der Waals surface area (Å²) in [7, 11) is 0. The molecule has 2 nitrogen and oxygen atoms in total. The number of benzene rings is 9. The Kier molecular flexibility index (Phi) is 7.28. The Morgan fingerprint density at radius 1 is 0.400 bits per heavy atom. The molecule has 0 N–H and O–H groups in total. The predicted molar refractivity (Wildman–Crippen MR) is 232 cm³/mol. The van der Waals surface area contributed by atoms with Crippen LogP contribution in [0.25, 0.3) is 77.4 Å². The van der Waals surface area contributed by atoms with Crippen molar-refractivity contribution in [3.05, 3.63) is 211 Å². The molecule has 1 aromatic heterocycles. The average Bonchev–Trinajstić information content (AvgIpc) is 3.85. The van der Waals surface area contributed by atoms with Gasteiger partial charge >= 0.3 is 0 Å². The van der Waals surface area contributed by atoms with Crippen LogP contribution in [-0.4, -0.2) is 0 Å². The molecule has 0 bridgehead atoms. The Morgan fingerprint density at radius 3 is 1.71 bits per heavy atom. The minimum absolute atomic E-state index is 0.883. The summed E-state index contributed by atoms with van der Waals surface area (Å²) < 4.78 is 6.84. The Bertz CT molecular complexity index is 3100. The summed E-state index contributed by atoms with van der Waals surface area (Å²) in [5.74, 6) is 0. The molecule has 0 aliphatic heterocycles. The Balaban J connectivity index is 1.13. The van der Waals surface area contributed by atoms with Crippen molar-refractivity contribution in [2.24, 2.45) is 0 Å². The molecule has 0 atom stereocenters. The zero-order chi connectivity index (χ0) is 36.3. The van der Waals surface area contributed by atoms with Gasteiger partial charge in [0.2, 0.25) is 0 Å². The summed E-state index contributed by atoms with van der Waals surface area (Å²) in [6.45, 7) is 0. The minimum Gasteiger partial charge on any atom is -0.456 e. The summed E-state index contributed by atoms with van der Waals surface area (Å²) in [6, 6.07) is 70.2. The summed E-state index contributed by atoms with van der Waals surface area (Å²) in [6.07, 6.45) is 3.23. The van der Waals surface area contributed by atoms with Gasteiger partial charge in [0.15, 0.2) is 0 Å². The van der Waals surface area contributed by atoms with Crippen molar-refractivity contribution in [1.29, 1.82) is 0 Å². The zero-order valence-corrected chi connectivity index (χ0v) is 30.1.